The number of fused-ring (bicyclic) bond motifs is 1. The predicted octanol–water partition coefficient (Wildman–Crippen LogP) is 3.80. The monoisotopic (exact) mass is 282 g/mol. The Labute approximate surface area is 123 Å². The number of H-pyrrole nitrogens is 1. The number of aromatic nitrogens is 1. The Balaban J connectivity index is 1.83. The second-order valence-corrected chi connectivity index (χ2v) is 4.81. The molecule has 0 aliphatic rings. The van der Waals surface area contributed by atoms with E-state index in [1.54, 1.807) is 14.2 Å². The summed E-state index contributed by atoms with van der Waals surface area (Å²) in [5.74, 6) is 1.55. The lowest BCUT2D eigenvalue weighted by molar-refractivity contribution is 0.394. The quantitative estimate of drug-likeness (QED) is 0.748. The average Bonchev–Trinajstić information content (AvgIpc) is 3.01. The predicted molar refractivity (Wildman–Crippen MR) is 85.2 cm³/mol. The van der Waals surface area contributed by atoms with Crippen LogP contribution >= 0.6 is 0 Å². The molecule has 1 aromatic heterocycles. The largest absolute Gasteiger partial charge is 0.497 e. The molecule has 3 rings (SSSR count). The zero-order valence-corrected chi connectivity index (χ0v) is 12.1. The van der Waals surface area contributed by atoms with Gasteiger partial charge in [0.1, 0.15) is 11.5 Å². The maximum Gasteiger partial charge on any atom is 0.124 e. The van der Waals surface area contributed by atoms with Crippen molar-refractivity contribution in [1.82, 2.24) is 4.98 Å². The molecule has 4 heteroatoms. The first kappa shape index (κ1) is 13.4. The highest BCUT2D eigenvalue weighted by molar-refractivity contribution is 5.83. The van der Waals surface area contributed by atoms with E-state index in [1.807, 2.05) is 24.4 Å². The van der Waals surface area contributed by atoms with Crippen molar-refractivity contribution >= 4 is 16.6 Å². The molecule has 0 fully saturated rings. The maximum absolute atomic E-state index is 5.28. The fourth-order valence-electron chi connectivity index (χ4n) is 2.41. The van der Waals surface area contributed by atoms with Crippen molar-refractivity contribution in [3.8, 4) is 11.5 Å². The summed E-state index contributed by atoms with van der Waals surface area (Å²) in [7, 11) is 3.30. The second-order valence-electron chi connectivity index (χ2n) is 4.81. The molecule has 0 radical (unpaired) electrons. The van der Waals surface area contributed by atoms with E-state index in [1.165, 1.54) is 10.9 Å². The first-order valence-corrected chi connectivity index (χ1v) is 6.82. The van der Waals surface area contributed by atoms with Gasteiger partial charge in [0.2, 0.25) is 0 Å². The Morgan fingerprint density at radius 2 is 1.76 bits per heavy atom. The van der Waals surface area contributed by atoms with E-state index in [2.05, 4.69) is 34.6 Å². The number of aromatic amines is 1. The van der Waals surface area contributed by atoms with E-state index in [9.17, 15) is 0 Å². The van der Waals surface area contributed by atoms with Crippen molar-refractivity contribution in [2.45, 2.75) is 6.54 Å². The van der Waals surface area contributed by atoms with Gasteiger partial charge in [-0.15, -0.1) is 0 Å². The molecule has 0 bridgehead atoms. The summed E-state index contributed by atoms with van der Waals surface area (Å²) in [6.45, 7) is 0.742. The summed E-state index contributed by atoms with van der Waals surface area (Å²) in [4.78, 5) is 3.23. The van der Waals surface area contributed by atoms with Crippen LogP contribution in [0.3, 0.4) is 0 Å². The lowest BCUT2D eigenvalue weighted by atomic mass is 10.1. The van der Waals surface area contributed by atoms with Gasteiger partial charge in [-0.25, -0.2) is 0 Å². The third-order valence-corrected chi connectivity index (χ3v) is 3.52. The topological polar surface area (TPSA) is 46.3 Å². The van der Waals surface area contributed by atoms with Crippen LogP contribution in [0.2, 0.25) is 0 Å². The van der Waals surface area contributed by atoms with Crippen LogP contribution in [0.5, 0.6) is 11.5 Å². The Morgan fingerprint density at radius 1 is 1.00 bits per heavy atom. The van der Waals surface area contributed by atoms with Gasteiger partial charge < -0.3 is 19.8 Å². The van der Waals surface area contributed by atoms with Crippen LogP contribution in [0.15, 0.2) is 48.7 Å². The Bertz CT molecular complexity index is 727. The maximum atomic E-state index is 5.28. The molecule has 1 heterocycles. The minimum atomic E-state index is 0.742. The average molecular weight is 282 g/mol. The Kier molecular flexibility index (Phi) is 3.69. The summed E-state index contributed by atoms with van der Waals surface area (Å²) in [5.41, 5.74) is 3.37. The van der Waals surface area contributed by atoms with Gasteiger partial charge in [-0.3, -0.25) is 0 Å². The highest BCUT2D eigenvalue weighted by Gasteiger charge is 2.04. The van der Waals surface area contributed by atoms with E-state index in [-0.39, 0.29) is 0 Å². The molecular weight excluding hydrogens is 264 g/mol. The van der Waals surface area contributed by atoms with E-state index in [0.717, 1.165) is 29.2 Å². The molecule has 21 heavy (non-hydrogen) atoms. The smallest absolute Gasteiger partial charge is 0.124 e. The first-order valence-electron chi connectivity index (χ1n) is 6.82. The fraction of sp³-hybridized carbons (Fsp3) is 0.176. The molecule has 0 saturated heterocycles. The molecule has 0 aliphatic carbocycles. The van der Waals surface area contributed by atoms with Crippen LogP contribution in [-0.4, -0.2) is 19.2 Å². The van der Waals surface area contributed by atoms with Gasteiger partial charge in [-0.2, -0.15) is 0 Å². The zero-order valence-electron chi connectivity index (χ0n) is 12.1. The van der Waals surface area contributed by atoms with Gasteiger partial charge in [0.15, 0.2) is 0 Å². The summed E-state index contributed by atoms with van der Waals surface area (Å²) in [5, 5.41) is 4.65. The van der Waals surface area contributed by atoms with E-state index < -0.39 is 0 Å². The normalized spacial score (nSPS) is 10.6. The van der Waals surface area contributed by atoms with Gasteiger partial charge in [-0.1, -0.05) is 12.1 Å². The molecule has 0 aliphatic heterocycles. The number of hydrogen-bond acceptors (Lipinski definition) is 3. The van der Waals surface area contributed by atoms with Gasteiger partial charge in [0.05, 0.1) is 14.2 Å². The van der Waals surface area contributed by atoms with Gasteiger partial charge >= 0.3 is 0 Å². The molecule has 2 aromatic carbocycles. The summed E-state index contributed by atoms with van der Waals surface area (Å²) >= 11 is 0. The highest BCUT2D eigenvalue weighted by atomic mass is 16.5. The molecule has 4 nitrogen and oxygen atoms in total. The number of benzene rings is 2. The van der Waals surface area contributed by atoms with Crippen LogP contribution in [0.1, 0.15) is 5.56 Å². The number of ether oxygens (including phenoxy) is 2. The van der Waals surface area contributed by atoms with E-state index in [4.69, 9.17) is 9.47 Å². The number of anilines is 1. The fourth-order valence-corrected chi connectivity index (χ4v) is 2.41. The van der Waals surface area contributed by atoms with Crippen molar-refractivity contribution in [3.05, 3.63) is 54.2 Å². The summed E-state index contributed by atoms with van der Waals surface area (Å²) in [6, 6.07) is 14.1. The highest BCUT2D eigenvalue weighted by Crippen LogP contribution is 2.26. The minimum Gasteiger partial charge on any atom is -0.497 e. The summed E-state index contributed by atoms with van der Waals surface area (Å²) < 4.78 is 10.6. The minimum absolute atomic E-state index is 0.742. The van der Waals surface area contributed by atoms with Crippen molar-refractivity contribution in [2.75, 3.05) is 19.5 Å². The van der Waals surface area contributed by atoms with E-state index >= 15 is 0 Å². The Hall–Kier alpha value is -2.62. The third-order valence-electron chi connectivity index (χ3n) is 3.52. The number of methoxy groups -OCH3 is 2. The van der Waals surface area contributed by atoms with Crippen LogP contribution in [0.25, 0.3) is 10.9 Å². The molecule has 3 aromatic rings. The van der Waals surface area contributed by atoms with Crippen LogP contribution in [0, 0.1) is 0 Å². The van der Waals surface area contributed by atoms with Crippen LogP contribution in [-0.2, 0) is 6.54 Å². The summed E-state index contributed by atoms with van der Waals surface area (Å²) in [6.07, 6.45) is 1.96. The van der Waals surface area contributed by atoms with Crippen molar-refractivity contribution in [2.24, 2.45) is 0 Å². The second kappa shape index (κ2) is 5.79. The lowest BCUT2D eigenvalue weighted by Crippen LogP contribution is -2.00. The van der Waals surface area contributed by atoms with Crippen LogP contribution in [0.4, 0.5) is 5.69 Å². The molecule has 0 amide bonds. The third kappa shape index (κ3) is 2.79. The first-order chi connectivity index (χ1) is 10.3. The standard InChI is InChI=1S/C17H18N2O2/c1-20-14-8-13(9-15(10-14)21-2)19-11-12-4-3-5-17-16(12)6-7-18-17/h3-10,18-19H,11H2,1-2H3. The Morgan fingerprint density at radius 3 is 2.48 bits per heavy atom. The molecule has 0 atom stereocenters. The number of nitrogens with one attached hydrogen (secondary N) is 2. The molecule has 0 unspecified atom stereocenters. The SMILES string of the molecule is COc1cc(NCc2cccc3[nH]ccc23)cc(OC)c1. The molecular formula is C17H18N2O2. The van der Waals surface area contributed by atoms with Crippen LogP contribution < -0.4 is 14.8 Å². The van der Waals surface area contributed by atoms with Crippen molar-refractivity contribution < 1.29 is 9.47 Å². The molecule has 0 spiro atoms. The molecule has 0 saturated carbocycles. The van der Waals surface area contributed by atoms with Gasteiger partial charge in [0, 0.05) is 47.5 Å². The molecule has 2 N–H and O–H groups in total. The molecule has 108 valence electrons. The van der Waals surface area contributed by atoms with Crippen molar-refractivity contribution in [1.29, 1.82) is 0 Å². The number of hydrogen-bond donors (Lipinski definition) is 2. The lowest BCUT2D eigenvalue weighted by Gasteiger charge is -2.11. The van der Waals surface area contributed by atoms with Gasteiger partial charge in [-0.05, 0) is 17.7 Å². The van der Waals surface area contributed by atoms with Gasteiger partial charge in [0.25, 0.3) is 0 Å². The number of rotatable bonds is 5. The van der Waals surface area contributed by atoms with Crippen molar-refractivity contribution in [3.63, 3.8) is 0 Å². The van der Waals surface area contributed by atoms with E-state index in [0.29, 0.717) is 0 Å². The zero-order chi connectivity index (χ0) is 14.7.